The van der Waals surface area contributed by atoms with Gasteiger partial charge in [0.1, 0.15) is 5.75 Å². The van der Waals surface area contributed by atoms with Gasteiger partial charge < -0.3 is 14.6 Å². The van der Waals surface area contributed by atoms with Crippen LogP contribution in [0.1, 0.15) is 36.4 Å². The summed E-state index contributed by atoms with van der Waals surface area (Å²) < 4.78 is 40.0. The number of nitrogens with zero attached hydrogens (tertiary/aromatic N) is 3. The standard InChI is InChI=1S/C27H23N2O.C14H16GeN.Ir/c1-18(2)22-16-23(28-17-19(22)3)21-12-9-14-25-27(21)30-26-15-8-7-13-24(26)29(25)20-10-5-4-6-11-20;1-15(2,3)13-9-10-14(16-11-13)12-7-5-4-6-8-12;/h4-11,13-18H,1-3H3;4-7,9-11H,1-3H3;/q2*-1;/i3D3,18D;;. The molecule has 1 aliphatic rings. The number of hydrogen-bond acceptors (Lipinski definition) is 4. The number of para-hydroxylation sites is 3. The van der Waals surface area contributed by atoms with Crippen molar-refractivity contribution < 1.29 is 30.3 Å². The van der Waals surface area contributed by atoms with Crippen LogP contribution >= 0.6 is 0 Å². The Hall–Kier alpha value is -4.03. The summed E-state index contributed by atoms with van der Waals surface area (Å²) in [6.07, 6.45) is 3.39. The molecule has 6 aromatic rings. The van der Waals surface area contributed by atoms with Gasteiger partial charge in [0.25, 0.3) is 0 Å². The Morgan fingerprint density at radius 3 is 2.21 bits per heavy atom. The molecule has 1 radical (unpaired) electrons. The molecule has 1 aliphatic heterocycles. The van der Waals surface area contributed by atoms with Crippen molar-refractivity contribution in [3.8, 4) is 34.0 Å². The summed E-state index contributed by atoms with van der Waals surface area (Å²) in [6, 6.07) is 42.0. The second kappa shape index (κ2) is 14.8. The monoisotopic (exact) mass is 860 g/mol. The van der Waals surface area contributed by atoms with E-state index in [2.05, 4.69) is 56.4 Å². The fraction of sp³-hybridized carbons (Fsp3) is 0.171. The molecule has 6 heteroatoms. The summed E-state index contributed by atoms with van der Waals surface area (Å²) in [5, 5.41) is 0. The van der Waals surface area contributed by atoms with Crippen molar-refractivity contribution in [2.75, 3.05) is 4.90 Å². The Kier molecular flexibility index (Phi) is 9.18. The van der Waals surface area contributed by atoms with Crippen molar-refractivity contribution >= 4 is 34.7 Å². The van der Waals surface area contributed by atoms with Gasteiger partial charge in [-0.1, -0.05) is 55.8 Å². The van der Waals surface area contributed by atoms with E-state index in [9.17, 15) is 0 Å². The molecule has 4 aromatic carbocycles. The zero-order valence-corrected chi connectivity index (χ0v) is 31.6. The zero-order chi connectivity index (χ0) is 35.7. The second-order valence-electron chi connectivity index (χ2n) is 12.4. The molecule has 47 heavy (non-hydrogen) atoms. The normalized spacial score (nSPS) is 13.5. The zero-order valence-electron chi connectivity index (χ0n) is 31.1. The Balaban J connectivity index is 0.000000249. The van der Waals surface area contributed by atoms with E-state index in [1.54, 1.807) is 19.9 Å². The molecule has 0 aliphatic carbocycles. The predicted octanol–water partition coefficient (Wildman–Crippen LogP) is 10.6. The number of aryl methyl sites for hydroxylation is 1. The minimum absolute atomic E-state index is 0. The van der Waals surface area contributed by atoms with E-state index in [1.165, 1.54) is 10.6 Å². The molecule has 0 saturated carbocycles. The van der Waals surface area contributed by atoms with Gasteiger partial charge in [-0.3, -0.25) is 0 Å². The number of benzene rings is 4. The summed E-state index contributed by atoms with van der Waals surface area (Å²) >= 11 is -1.72. The van der Waals surface area contributed by atoms with E-state index in [-0.39, 0.29) is 25.7 Å². The molecule has 0 atom stereocenters. The van der Waals surface area contributed by atoms with Crippen LogP contribution < -0.4 is 14.0 Å². The molecule has 0 N–H and O–H groups in total. The van der Waals surface area contributed by atoms with Crippen molar-refractivity contribution in [1.29, 1.82) is 0 Å². The largest absolute Gasteiger partial charge is 0 e. The van der Waals surface area contributed by atoms with Crippen molar-refractivity contribution in [2.24, 2.45) is 0 Å². The molecule has 239 valence electrons. The van der Waals surface area contributed by atoms with E-state index in [0.717, 1.165) is 28.3 Å². The third-order valence-corrected chi connectivity index (χ3v) is 12.1. The molecule has 0 unspecified atom stereocenters. The molecule has 0 amide bonds. The van der Waals surface area contributed by atoms with Crippen molar-refractivity contribution in [3.63, 3.8) is 0 Å². The van der Waals surface area contributed by atoms with Crippen LogP contribution in [0.4, 0.5) is 17.1 Å². The van der Waals surface area contributed by atoms with Crippen molar-refractivity contribution in [3.05, 3.63) is 145 Å². The summed E-state index contributed by atoms with van der Waals surface area (Å²) in [7, 11) is 0. The number of hydrogen-bond donors (Lipinski definition) is 0. The van der Waals surface area contributed by atoms with Gasteiger partial charge in [-0.25, -0.2) is 0 Å². The summed E-state index contributed by atoms with van der Waals surface area (Å²) in [6.45, 7) is 0.989. The average molecular weight is 859 g/mol. The van der Waals surface area contributed by atoms with Gasteiger partial charge in [-0.05, 0) is 53.8 Å². The van der Waals surface area contributed by atoms with E-state index < -0.39 is 26.0 Å². The quantitative estimate of drug-likeness (QED) is 0.128. The fourth-order valence-corrected chi connectivity index (χ4v) is 7.49. The molecule has 0 fully saturated rings. The van der Waals surface area contributed by atoms with Crippen LogP contribution in [0.15, 0.2) is 122 Å². The Morgan fingerprint density at radius 1 is 0.787 bits per heavy atom. The van der Waals surface area contributed by atoms with Gasteiger partial charge in [-0.2, -0.15) is 0 Å². The summed E-state index contributed by atoms with van der Waals surface area (Å²) in [4.78, 5) is 11.1. The van der Waals surface area contributed by atoms with Crippen molar-refractivity contribution in [1.82, 2.24) is 9.97 Å². The fourth-order valence-electron chi connectivity index (χ4n) is 5.32. The maximum Gasteiger partial charge on any atom is 0 e. The second-order valence-corrected chi connectivity index (χ2v) is 23.0. The number of ether oxygens (including phenoxy) is 1. The third kappa shape index (κ3) is 7.59. The van der Waals surface area contributed by atoms with Crippen LogP contribution in [0.3, 0.4) is 0 Å². The molecule has 2 aromatic heterocycles. The SMILES string of the molecule is [2H]C([2H])([2H])c1cnc(-c2[c-]ccc3c2Oc2ccccc2N3c2ccccc2)cc1C([2H])(C)C.[CH3][Ge]([CH3])([CH3])[c]1ccc(-c2[c-]cccc2)nc1.[Ir]. The van der Waals surface area contributed by atoms with E-state index in [0.29, 0.717) is 28.3 Å². The first kappa shape index (κ1) is 29.1. The number of anilines is 3. The molecule has 4 nitrogen and oxygen atoms in total. The number of pyridine rings is 2. The molecular formula is C41H39GeIrN3O-2. The first-order valence-electron chi connectivity index (χ1n) is 17.3. The smallest absolute Gasteiger partial charge is 0 e. The maximum absolute atomic E-state index is 8.55. The minimum Gasteiger partial charge on any atom is 0 e. The Labute approximate surface area is 301 Å². The average Bonchev–Trinajstić information content (AvgIpc) is 3.10. The van der Waals surface area contributed by atoms with Gasteiger partial charge in [-0.15, -0.1) is 18.2 Å². The van der Waals surface area contributed by atoms with E-state index in [4.69, 9.17) is 10.2 Å². The first-order chi connectivity index (χ1) is 23.7. The number of fused-ring (bicyclic) bond motifs is 2. The molecule has 0 saturated heterocycles. The molecule has 0 spiro atoms. The number of aromatic nitrogens is 2. The van der Waals surface area contributed by atoms with Crippen LogP contribution in [-0.2, 0) is 20.1 Å². The van der Waals surface area contributed by atoms with Crippen molar-refractivity contribution in [2.45, 2.75) is 43.9 Å². The predicted molar refractivity (Wildman–Crippen MR) is 194 cm³/mol. The van der Waals surface area contributed by atoms with E-state index >= 15 is 0 Å². The molecule has 3 heterocycles. The van der Waals surface area contributed by atoms with Crippen LogP contribution in [-0.4, -0.2) is 23.2 Å². The van der Waals surface area contributed by atoms with E-state index in [1.807, 2.05) is 97.2 Å². The summed E-state index contributed by atoms with van der Waals surface area (Å²) in [5.74, 6) is 7.29. The first-order valence-corrected chi connectivity index (χ1v) is 22.7. The third-order valence-electron chi connectivity index (χ3n) is 7.82. The number of rotatable bonds is 5. The van der Waals surface area contributed by atoms with Crippen LogP contribution in [0, 0.1) is 19.0 Å². The molecular weight excluding hydrogens is 815 g/mol. The van der Waals surface area contributed by atoms with Gasteiger partial charge in [0, 0.05) is 43.2 Å². The molecule has 7 rings (SSSR count). The summed E-state index contributed by atoms with van der Waals surface area (Å²) in [5.41, 5.74) is 6.40. The van der Waals surface area contributed by atoms with Crippen LogP contribution in [0.25, 0.3) is 22.5 Å². The minimum atomic E-state index is -2.36. The van der Waals surface area contributed by atoms with Crippen LogP contribution in [0.5, 0.6) is 11.5 Å². The Bertz CT molecular complexity index is 2100. The Morgan fingerprint density at radius 2 is 1.53 bits per heavy atom. The van der Waals surface area contributed by atoms with Gasteiger partial charge >= 0.3 is 99.8 Å². The van der Waals surface area contributed by atoms with Gasteiger partial charge in [0.15, 0.2) is 0 Å². The van der Waals surface area contributed by atoms with Gasteiger partial charge in [0.05, 0.1) is 11.4 Å². The van der Waals surface area contributed by atoms with Crippen LogP contribution in [0.2, 0.25) is 17.3 Å². The molecule has 0 bridgehead atoms. The maximum atomic E-state index is 8.55. The topological polar surface area (TPSA) is 38.2 Å². The van der Waals surface area contributed by atoms with Gasteiger partial charge in [0.2, 0.25) is 0 Å².